The van der Waals surface area contributed by atoms with Crippen molar-refractivity contribution in [2.24, 2.45) is 0 Å². The van der Waals surface area contributed by atoms with Crippen molar-refractivity contribution >= 4 is 23.6 Å². The van der Waals surface area contributed by atoms with E-state index in [1.165, 1.54) is 36.4 Å². The largest absolute Gasteiger partial charge is 0.508 e. The number of carbonyl (C=O) groups is 2. The number of aromatic carboxylic acids is 1. The molecule has 2 rings (SSSR count). The Kier molecular flexibility index (Phi) is 4.75. The summed E-state index contributed by atoms with van der Waals surface area (Å²) in [6, 6.07) is 13.7. The second-order valence-electron chi connectivity index (χ2n) is 4.57. The van der Waals surface area contributed by atoms with Crippen LogP contribution in [0, 0.1) is 11.3 Å². The Morgan fingerprint density at radius 1 is 1.13 bits per heavy atom. The van der Waals surface area contributed by atoms with Crippen LogP contribution in [0.1, 0.15) is 15.9 Å². The molecule has 114 valence electrons. The molecule has 0 spiro atoms. The van der Waals surface area contributed by atoms with Gasteiger partial charge < -0.3 is 15.5 Å². The maximum absolute atomic E-state index is 12.2. The summed E-state index contributed by atoms with van der Waals surface area (Å²) in [5, 5.41) is 30.0. The van der Waals surface area contributed by atoms with Gasteiger partial charge in [-0.25, -0.2) is 4.79 Å². The Hall–Kier alpha value is -3.59. The highest BCUT2D eigenvalue weighted by Crippen LogP contribution is 2.18. The number of carboxylic acids is 1. The zero-order valence-corrected chi connectivity index (χ0v) is 11.9. The molecule has 0 atom stereocenters. The molecule has 6 nitrogen and oxygen atoms in total. The number of benzene rings is 2. The normalized spacial score (nSPS) is 10.7. The van der Waals surface area contributed by atoms with Gasteiger partial charge in [0.15, 0.2) is 0 Å². The molecule has 0 saturated heterocycles. The van der Waals surface area contributed by atoms with Crippen LogP contribution < -0.4 is 5.32 Å². The van der Waals surface area contributed by atoms with Gasteiger partial charge in [-0.15, -0.1) is 0 Å². The molecule has 0 aliphatic heterocycles. The number of phenols is 1. The monoisotopic (exact) mass is 308 g/mol. The van der Waals surface area contributed by atoms with E-state index in [-0.39, 0.29) is 22.6 Å². The molecule has 3 N–H and O–H groups in total. The molecule has 0 bridgehead atoms. The van der Waals surface area contributed by atoms with Crippen molar-refractivity contribution < 1.29 is 19.8 Å². The fraction of sp³-hybridized carbons (Fsp3) is 0. The molecule has 0 heterocycles. The first-order valence-corrected chi connectivity index (χ1v) is 6.56. The maximum Gasteiger partial charge on any atom is 0.337 e. The lowest BCUT2D eigenvalue weighted by Gasteiger charge is -2.07. The minimum absolute atomic E-state index is 0.00710. The first-order chi connectivity index (χ1) is 11.0. The number of hydrogen-bond acceptors (Lipinski definition) is 4. The number of nitrogens with one attached hydrogen (secondary N) is 1. The van der Waals surface area contributed by atoms with E-state index in [1.54, 1.807) is 24.3 Å². The van der Waals surface area contributed by atoms with Crippen LogP contribution in [0.3, 0.4) is 0 Å². The summed E-state index contributed by atoms with van der Waals surface area (Å²) in [7, 11) is 0. The Morgan fingerprint density at radius 3 is 2.52 bits per heavy atom. The molecule has 0 radical (unpaired) electrons. The molecule has 0 fully saturated rings. The third-order valence-corrected chi connectivity index (χ3v) is 2.95. The highest BCUT2D eigenvalue weighted by atomic mass is 16.4. The van der Waals surface area contributed by atoms with Crippen molar-refractivity contribution in [1.29, 1.82) is 5.26 Å². The van der Waals surface area contributed by atoms with Crippen LogP contribution in [0.2, 0.25) is 0 Å². The van der Waals surface area contributed by atoms with Crippen molar-refractivity contribution in [3.63, 3.8) is 0 Å². The molecule has 6 heteroatoms. The lowest BCUT2D eigenvalue weighted by atomic mass is 10.1. The van der Waals surface area contributed by atoms with E-state index in [0.29, 0.717) is 5.56 Å². The molecule has 23 heavy (non-hydrogen) atoms. The average Bonchev–Trinajstić information content (AvgIpc) is 2.53. The smallest absolute Gasteiger partial charge is 0.337 e. The number of nitrogens with zero attached hydrogens (tertiary/aromatic N) is 1. The van der Waals surface area contributed by atoms with Crippen molar-refractivity contribution in [1.82, 2.24) is 0 Å². The first kappa shape index (κ1) is 15.8. The zero-order chi connectivity index (χ0) is 16.8. The first-order valence-electron chi connectivity index (χ1n) is 6.56. The van der Waals surface area contributed by atoms with Gasteiger partial charge in [-0.3, -0.25) is 4.79 Å². The number of para-hydroxylation sites is 1. The third kappa shape index (κ3) is 3.95. The van der Waals surface area contributed by atoms with E-state index in [1.807, 2.05) is 0 Å². The summed E-state index contributed by atoms with van der Waals surface area (Å²) < 4.78 is 0. The Bertz CT molecular complexity index is 834. The van der Waals surface area contributed by atoms with Gasteiger partial charge in [0.25, 0.3) is 5.91 Å². The minimum Gasteiger partial charge on any atom is -0.508 e. The highest BCUT2D eigenvalue weighted by molar-refractivity contribution is 6.11. The van der Waals surface area contributed by atoms with E-state index < -0.39 is 11.9 Å². The topological polar surface area (TPSA) is 110 Å². The third-order valence-electron chi connectivity index (χ3n) is 2.95. The summed E-state index contributed by atoms with van der Waals surface area (Å²) in [6.07, 6.45) is 1.30. The van der Waals surface area contributed by atoms with Gasteiger partial charge >= 0.3 is 5.97 Å². The lowest BCUT2D eigenvalue weighted by molar-refractivity contribution is -0.112. The van der Waals surface area contributed by atoms with Crippen molar-refractivity contribution in [3.05, 3.63) is 65.2 Å². The second kappa shape index (κ2) is 6.91. The Morgan fingerprint density at radius 2 is 1.87 bits per heavy atom. The van der Waals surface area contributed by atoms with Crippen molar-refractivity contribution in [3.8, 4) is 11.8 Å². The van der Waals surface area contributed by atoms with Gasteiger partial charge in [-0.05, 0) is 35.9 Å². The second-order valence-corrected chi connectivity index (χ2v) is 4.57. The molecule has 0 aliphatic rings. The van der Waals surface area contributed by atoms with Crippen LogP contribution in [0.4, 0.5) is 5.69 Å². The number of carboxylic acid groups (broad SMARTS) is 1. The number of carbonyl (C=O) groups excluding carboxylic acids is 1. The molecule has 2 aromatic carbocycles. The zero-order valence-electron chi connectivity index (χ0n) is 11.9. The number of aromatic hydroxyl groups is 1. The standard InChI is InChI=1S/C17H12N2O4/c18-10-12(8-11-4-3-5-13(20)9-11)16(21)19-15-7-2-1-6-14(15)17(22)23/h1-9,20H,(H,19,21)(H,22,23)/b12-8-. The van der Waals surface area contributed by atoms with E-state index in [9.17, 15) is 14.7 Å². The average molecular weight is 308 g/mol. The molecule has 2 aromatic rings. The molecule has 1 amide bonds. The fourth-order valence-electron chi connectivity index (χ4n) is 1.90. The van der Waals surface area contributed by atoms with E-state index in [0.717, 1.165) is 0 Å². The predicted molar refractivity (Wildman–Crippen MR) is 83.7 cm³/mol. The Labute approximate surface area is 131 Å². The van der Waals surface area contributed by atoms with Crippen LogP contribution in [-0.2, 0) is 4.79 Å². The maximum atomic E-state index is 12.2. The minimum atomic E-state index is -1.18. The summed E-state index contributed by atoms with van der Waals surface area (Å²) in [5.41, 5.74) is 0.288. The molecule has 0 saturated carbocycles. The van der Waals surface area contributed by atoms with E-state index in [2.05, 4.69) is 5.32 Å². The molecular weight excluding hydrogens is 296 g/mol. The van der Waals surface area contributed by atoms with E-state index >= 15 is 0 Å². The summed E-state index contributed by atoms with van der Waals surface area (Å²) in [6.45, 7) is 0. The number of nitriles is 1. The molecule has 0 aliphatic carbocycles. The number of hydrogen-bond donors (Lipinski definition) is 3. The van der Waals surface area contributed by atoms with Crippen LogP contribution >= 0.6 is 0 Å². The van der Waals surface area contributed by atoms with Gasteiger partial charge in [0.05, 0.1) is 11.3 Å². The van der Waals surface area contributed by atoms with Gasteiger partial charge in [-0.2, -0.15) is 5.26 Å². The summed E-state index contributed by atoms with van der Waals surface area (Å²) in [4.78, 5) is 23.3. The molecule has 0 unspecified atom stereocenters. The number of phenolic OH excluding ortho intramolecular Hbond substituents is 1. The SMILES string of the molecule is N#C/C(=C/c1cccc(O)c1)C(=O)Nc1ccccc1C(=O)O. The van der Waals surface area contributed by atoms with Crippen LogP contribution in [-0.4, -0.2) is 22.1 Å². The van der Waals surface area contributed by atoms with Gasteiger partial charge in [0.2, 0.25) is 0 Å². The van der Waals surface area contributed by atoms with Crippen LogP contribution in [0.5, 0.6) is 5.75 Å². The van der Waals surface area contributed by atoms with Crippen LogP contribution in [0.25, 0.3) is 6.08 Å². The predicted octanol–water partition coefficient (Wildman–Crippen LogP) is 2.64. The summed E-state index contributed by atoms with van der Waals surface area (Å²) in [5.74, 6) is -1.91. The quantitative estimate of drug-likeness (QED) is 0.594. The molecular formula is C17H12N2O4. The lowest BCUT2D eigenvalue weighted by Crippen LogP contribution is -2.16. The summed E-state index contributed by atoms with van der Waals surface area (Å²) >= 11 is 0. The number of anilines is 1. The van der Waals surface area contributed by atoms with Gasteiger partial charge in [0, 0.05) is 0 Å². The number of amides is 1. The van der Waals surface area contributed by atoms with Gasteiger partial charge in [-0.1, -0.05) is 24.3 Å². The van der Waals surface area contributed by atoms with E-state index in [4.69, 9.17) is 10.4 Å². The fourth-order valence-corrected chi connectivity index (χ4v) is 1.90. The van der Waals surface area contributed by atoms with Crippen molar-refractivity contribution in [2.45, 2.75) is 0 Å². The molecule has 0 aromatic heterocycles. The highest BCUT2D eigenvalue weighted by Gasteiger charge is 2.14. The van der Waals surface area contributed by atoms with Gasteiger partial charge in [0.1, 0.15) is 17.4 Å². The van der Waals surface area contributed by atoms with Crippen LogP contribution in [0.15, 0.2) is 54.1 Å². The number of rotatable bonds is 4. The Balaban J connectivity index is 2.29. The van der Waals surface area contributed by atoms with Crippen molar-refractivity contribution in [2.75, 3.05) is 5.32 Å².